The van der Waals surface area contributed by atoms with Crippen molar-refractivity contribution in [2.45, 2.75) is 24.7 Å². The number of carbonyl (C=O) groups excluding carboxylic acids is 1. The lowest BCUT2D eigenvalue weighted by atomic mass is 9.72. The smallest absolute Gasteiger partial charge is 0.230 e. The zero-order chi connectivity index (χ0) is 18.4. The van der Waals surface area contributed by atoms with Crippen molar-refractivity contribution in [3.8, 4) is 0 Å². The van der Waals surface area contributed by atoms with Gasteiger partial charge in [-0.3, -0.25) is 4.79 Å². The number of hydrogen-bond donors (Lipinski definition) is 1. The lowest BCUT2D eigenvalue weighted by Gasteiger charge is -2.40. The predicted octanol–water partition coefficient (Wildman–Crippen LogP) is 1.73. The van der Waals surface area contributed by atoms with Crippen LogP contribution in [-0.2, 0) is 14.9 Å². The maximum Gasteiger partial charge on any atom is 0.230 e. The maximum atomic E-state index is 13.3. The highest BCUT2D eigenvalue weighted by Gasteiger charge is 2.42. The second kappa shape index (κ2) is 8.98. The minimum Gasteiger partial charge on any atom is -0.383 e. The first-order valence-corrected chi connectivity index (χ1v) is 9.88. The molecule has 2 fully saturated rings. The van der Waals surface area contributed by atoms with Gasteiger partial charge in [0.1, 0.15) is 0 Å². The molecule has 2 heterocycles. The van der Waals surface area contributed by atoms with E-state index in [9.17, 15) is 4.79 Å². The van der Waals surface area contributed by atoms with Crippen molar-refractivity contribution in [1.29, 1.82) is 0 Å². The Kier molecular flexibility index (Phi) is 6.68. The molecule has 1 N–H and O–H groups in total. The minimum atomic E-state index is -0.373. The molecule has 0 unspecified atom stereocenters. The van der Waals surface area contributed by atoms with E-state index in [2.05, 4.69) is 34.3 Å². The fourth-order valence-electron chi connectivity index (χ4n) is 4.31. The van der Waals surface area contributed by atoms with E-state index in [1.165, 1.54) is 5.56 Å². The van der Waals surface area contributed by atoms with Gasteiger partial charge in [-0.15, -0.1) is 0 Å². The van der Waals surface area contributed by atoms with Gasteiger partial charge >= 0.3 is 0 Å². The highest BCUT2D eigenvalue weighted by atomic mass is 16.5. The molecule has 1 aromatic rings. The molecule has 2 saturated heterocycles. The summed E-state index contributed by atoms with van der Waals surface area (Å²) in [5.74, 6) is 0.766. The molecule has 0 radical (unpaired) electrons. The molecule has 0 aliphatic carbocycles. The van der Waals surface area contributed by atoms with Crippen LogP contribution in [0.25, 0.3) is 0 Å². The first-order valence-electron chi connectivity index (χ1n) is 9.88. The standard InChI is InChI=1S/C21H33N3O2/c1-23-12-9-21(10-13-23,19-6-4-3-5-7-19)20(25)22-16-18-8-11-24(17-18)14-15-26-2/h3-7,18H,8-17H2,1-2H3,(H,22,25)/t18-/m0/s1. The highest BCUT2D eigenvalue weighted by molar-refractivity contribution is 5.88. The predicted molar refractivity (Wildman–Crippen MR) is 104 cm³/mol. The molecule has 2 aliphatic rings. The fraction of sp³-hybridized carbons (Fsp3) is 0.667. The van der Waals surface area contributed by atoms with Crippen LogP contribution in [0.15, 0.2) is 30.3 Å². The Balaban J connectivity index is 1.60. The number of amides is 1. The number of benzene rings is 1. The normalized spacial score (nSPS) is 23.8. The molecule has 1 amide bonds. The van der Waals surface area contributed by atoms with Crippen LogP contribution in [0, 0.1) is 5.92 Å². The molecule has 26 heavy (non-hydrogen) atoms. The third-order valence-electron chi connectivity index (χ3n) is 6.13. The zero-order valence-corrected chi connectivity index (χ0v) is 16.2. The Hall–Kier alpha value is -1.43. The molecular formula is C21H33N3O2. The van der Waals surface area contributed by atoms with Gasteiger partial charge in [0.2, 0.25) is 5.91 Å². The van der Waals surface area contributed by atoms with E-state index in [1.54, 1.807) is 7.11 Å². The van der Waals surface area contributed by atoms with Crippen molar-refractivity contribution in [3.63, 3.8) is 0 Å². The second-order valence-corrected chi connectivity index (χ2v) is 7.91. The Morgan fingerprint density at radius 3 is 2.65 bits per heavy atom. The van der Waals surface area contributed by atoms with Gasteiger partial charge in [-0.05, 0) is 57.4 Å². The van der Waals surface area contributed by atoms with E-state index in [0.29, 0.717) is 5.92 Å². The Bertz CT molecular complexity index is 570. The number of carbonyl (C=O) groups is 1. The topological polar surface area (TPSA) is 44.8 Å². The van der Waals surface area contributed by atoms with Gasteiger partial charge in [-0.25, -0.2) is 0 Å². The van der Waals surface area contributed by atoms with Crippen molar-refractivity contribution >= 4 is 5.91 Å². The average Bonchev–Trinajstić information content (AvgIpc) is 3.14. The number of nitrogens with one attached hydrogen (secondary N) is 1. The number of rotatable bonds is 7. The molecule has 5 nitrogen and oxygen atoms in total. The van der Waals surface area contributed by atoms with E-state index in [-0.39, 0.29) is 11.3 Å². The summed E-state index contributed by atoms with van der Waals surface area (Å²) in [6, 6.07) is 10.4. The summed E-state index contributed by atoms with van der Waals surface area (Å²) in [6.07, 6.45) is 2.94. The van der Waals surface area contributed by atoms with Gasteiger partial charge in [0, 0.05) is 26.7 Å². The summed E-state index contributed by atoms with van der Waals surface area (Å²) in [6.45, 7) is 6.66. The summed E-state index contributed by atoms with van der Waals surface area (Å²) >= 11 is 0. The number of methoxy groups -OCH3 is 1. The number of hydrogen-bond acceptors (Lipinski definition) is 4. The Morgan fingerprint density at radius 2 is 1.96 bits per heavy atom. The number of likely N-dealkylation sites (tertiary alicyclic amines) is 2. The molecule has 0 aromatic heterocycles. The largest absolute Gasteiger partial charge is 0.383 e. The van der Waals surface area contributed by atoms with Gasteiger partial charge < -0.3 is 19.9 Å². The first-order chi connectivity index (χ1) is 12.6. The van der Waals surface area contributed by atoms with Crippen molar-refractivity contribution < 1.29 is 9.53 Å². The molecule has 5 heteroatoms. The molecule has 3 rings (SSSR count). The SMILES string of the molecule is COCCN1CC[C@@H](CNC(=O)C2(c3ccccc3)CCN(C)CC2)C1. The van der Waals surface area contributed by atoms with Crippen LogP contribution < -0.4 is 5.32 Å². The van der Waals surface area contributed by atoms with Gasteiger partial charge in [-0.2, -0.15) is 0 Å². The van der Waals surface area contributed by atoms with Gasteiger partial charge in [0.05, 0.1) is 12.0 Å². The van der Waals surface area contributed by atoms with Crippen molar-refractivity contribution in [2.24, 2.45) is 5.92 Å². The molecule has 0 spiro atoms. The summed E-state index contributed by atoms with van der Waals surface area (Å²) in [7, 11) is 3.89. The summed E-state index contributed by atoms with van der Waals surface area (Å²) in [5.41, 5.74) is 0.793. The average molecular weight is 360 g/mol. The van der Waals surface area contributed by atoms with Crippen LogP contribution >= 0.6 is 0 Å². The third-order valence-corrected chi connectivity index (χ3v) is 6.13. The Labute approximate surface area is 157 Å². The molecule has 2 aliphatic heterocycles. The van der Waals surface area contributed by atoms with Crippen molar-refractivity contribution in [1.82, 2.24) is 15.1 Å². The fourth-order valence-corrected chi connectivity index (χ4v) is 4.31. The van der Waals surface area contributed by atoms with Crippen LogP contribution in [0.5, 0.6) is 0 Å². The molecule has 0 bridgehead atoms. The lowest BCUT2D eigenvalue weighted by molar-refractivity contribution is -0.128. The minimum absolute atomic E-state index is 0.215. The van der Waals surface area contributed by atoms with E-state index in [4.69, 9.17) is 4.74 Å². The number of nitrogens with zero attached hydrogens (tertiary/aromatic N) is 2. The zero-order valence-electron chi connectivity index (χ0n) is 16.2. The monoisotopic (exact) mass is 359 g/mol. The van der Waals surface area contributed by atoms with Crippen LogP contribution in [0.2, 0.25) is 0 Å². The third kappa shape index (κ3) is 4.45. The van der Waals surface area contributed by atoms with E-state index in [1.807, 2.05) is 18.2 Å². The van der Waals surface area contributed by atoms with Gasteiger partial charge in [-0.1, -0.05) is 30.3 Å². The molecule has 1 aromatic carbocycles. The highest BCUT2D eigenvalue weighted by Crippen LogP contribution is 2.35. The second-order valence-electron chi connectivity index (χ2n) is 7.91. The van der Waals surface area contributed by atoms with Crippen molar-refractivity contribution in [2.75, 3.05) is 60.0 Å². The van der Waals surface area contributed by atoms with Crippen LogP contribution in [0.1, 0.15) is 24.8 Å². The van der Waals surface area contributed by atoms with Gasteiger partial charge in [0.25, 0.3) is 0 Å². The molecule has 1 atom stereocenters. The van der Waals surface area contributed by atoms with Crippen LogP contribution in [0.3, 0.4) is 0 Å². The van der Waals surface area contributed by atoms with E-state index in [0.717, 1.165) is 65.1 Å². The number of piperidine rings is 1. The van der Waals surface area contributed by atoms with E-state index < -0.39 is 0 Å². The summed E-state index contributed by atoms with van der Waals surface area (Å²) < 4.78 is 5.17. The van der Waals surface area contributed by atoms with Crippen LogP contribution in [0.4, 0.5) is 0 Å². The summed E-state index contributed by atoms with van der Waals surface area (Å²) in [5, 5.41) is 3.31. The maximum absolute atomic E-state index is 13.3. The Morgan fingerprint density at radius 1 is 1.23 bits per heavy atom. The lowest BCUT2D eigenvalue weighted by Crippen LogP contribution is -2.51. The summed E-state index contributed by atoms with van der Waals surface area (Å²) in [4.78, 5) is 18.0. The molecule has 144 valence electrons. The van der Waals surface area contributed by atoms with Gasteiger partial charge in [0.15, 0.2) is 0 Å². The van der Waals surface area contributed by atoms with Crippen molar-refractivity contribution in [3.05, 3.63) is 35.9 Å². The van der Waals surface area contributed by atoms with Crippen LogP contribution in [-0.4, -0.2) is 75.7 Å². The quantitative estimate of drug-likeness (QED) is 0.805. The first kappa shape index (κ1) is 19.3. The molecular weight excluding hydrogens is 326 g/mol. The number of ether oxygens (including phenoxy) is 1. The van der Waals surface area contributed by atoms with E-state index >= 15 is 0 Å². The molecule has 0 saturated carbocycles.